The predicted octanol–water partition coefficient (Wildman–Crippen LogP) is 5.12. The van der Waals surface area contributed by atoms with Crippen molar-refractivity contribution in [3.8, 4) is 5.69 Å². The highest BCUT2D eigenvalue weighted by Crippen LogP contribution is 2.38. The van der Waals surface area contributed by atoms with Crippen LogP contribution in [-0.2, 0) is 6.18 Å². The average molecular weight is 352 g/mol. The lowest BCUT2D eigenvalue weighted by Gasteiger charge is -2.17. The summed E-state index contributed by atoms with van der Waals surface area (Å²) in [4.78, 5) is 11.1. The lowest BCUT2D eigenvalue weighted by Crippen LogP contribution is -2.17. The number of nitrogens with zero attached hydrogens (tertiary/aromatic N) is 1. The topological polar surface area (TPSA) is 42.2 Å². The van der Waals surface area contributed by atoms with Crippen LogP contribution in [0.3, 0.4) is 0 Å². The van der Waals surface area contributed by atoms with Crippen LogP contribution in [-0.4, -0.2) is 15.6 Å². The van der Waals surface area contributed by atoms with Crippen LogP contribution in [0.2, 0.25) is 10.0 Å². The van der Waals surface area contributed by atoms with Crippen molar-refractivity contribution in [1.29, 1.82) is 0 Å². The zero-order chi connectivity index (χ0) is 16.8. The predicted molar refractivity (Wildman–Crippen MR) is 77.2 cm³/mol. The zero-order valence-electron chi connectivity index (χ0n) is 11.4. The molecule has 0 aliphatic rings. The Balaban J connectivity index is 2.87. The summed E-state index contributed by atoms with van der Waals surface area (Å²) in [7, 11) is 0. The van der Waals surface area contributed by atoms with E-state index in [1.54, 1.807) is 6.92 Å². The maximum absolute atomic E-state index is 13.3. The van der Waals surface area contributed by atoms with Crippen molar-refractivity contribution in [2.75, 3.05) is 0 Å². The molecule has 0 saturated heterocycles. The maximum Gasteiger partial charge on any atom is 0.432 e. The summed E-state index contributed by atoms with van der Waals surface area (Å²) in [6.07, 6.45) is -4.83. The fraction of sp³-hybridized carbons (Fsp3) is 0.214. The summed E-state index contributed by atoms with van der Waals surface area (Å²) in [5.41, 5.74) is -1.36. The number of aromatic carboxylic acids is 1. The summed E-state index contributed by atoms with van der Waals surface area (Å²) in [5.74, 6) is -1.65. The van der Waals surface area contributed by atoms with E-state index < -0.39 is 23.4 Å². The third kappa shape index (κ3) is 2.80. The van der Waals surface area contributed by atoms with Gasteiger partial charge in [0, 0.05) is 5.69 Å². The van der Waals surface area contributed by atoms with E-state index in [2.05, 4.69) is 0 Å². The summed E-state index contributed by atoms with van der Waals surface area (Å²) >= 11 is 11.7. The van der Waals surface area contributed by atoms with Crippen LogP contribution in [0.1, 0.15) is 27.3 Å². The van der Waals surface area contributed by atoms with Crippen molar-refractivity contribution in [3.05, 3.63) is 50.8 Å². The van der Waals surface area contributed by atoms with Crippen molar-refractivity contribution in [3.63, 3.8) is 0 Å². The number of aryl methyl sites for hydroxylation is 2. The SMILES string of the molecule is Cc1cc(Cl)c(Cl)cc1-n1c(C)cc(C(=O)O)c1C(F)(F)F. The van der Waals surface area contributed by atoms with E-state index in [0.717, 1.165) is 10.6 Å². The number of carboxylic acid groups (broad SMARTS) is 1. The molecule has 1 aromatic heterocycles. The molecule has 1 aromatic carbocycles. The molecule has 8 heteroatoms. The van der Waals surface area contributed by atoms with Gasteiger partial charge in [-0.15, -0.1) is 0 Å². The lowest BCUT2D eigenvalue weighted by molar-refractivity contribution is -0.142. The van der Waals surface area contributed by atoms with Crippen molar-refractivity contribution in [2.45, 2.75) is 20.0 Å². The molecule has 0 bridgehead atoms. The fourth-order valence-corrected chi connectivity index (χ4v) is 2.64. The van der Waals surface area contributed by atoms with E-state index in [1.807, 2.05) is 0 Å². The third-order valence-corrected chi connectivity index (χ3v) is 3.89. The van der Waals surface area contributed by atoms with Crippen LogP contribution in [0.4, 0.5) is 13.2 Å². The van der Waals surface area contributed by atoms with Crippen LogP contribution in [0.25, 0.3) is 5.69 Å². The van der Waals surface area contributed by atoms with Gasteiger partial charge in [0.05, 0.1) is 21.3 Å². The maximum atomic E-state index is 13.3. The zero-order valence-corrected chi connectivity index (χ0v) is 12.9. The molecule has 118 valence electrons. The van der Waals surface area contributed by atoms with E-state index in [0.29, 0.717) is 5.56 Å². The first-order chi connectivity index (χ1) is 10.0. The molecule has 0 atom stereocenters. The number of hydrogen-bond acceptors (Lipinski definition) is 1. The average Bonchev–Trinajstić information content (AvgIpc) is 2.71. The van der Waals surface area contributed by atoms with E-state index in [-0.39, 0.29) is 21.4 Å². The van der Waals surface area contributed by atoms with E-state index in [9.17, 15) is 18.0 Å². The number of carboxylic acids is 1. The molecular weight excluding hydrogens is 342 g/mol. The Bertz CT molecular complexity index is 766. The smallest absolute Gasteiger partial charge is 0.432 e. The minimum atomic E-state index is -4.83. The van der Waals surface area contributed by atoms with Gasteiger partial charge in [-0.3, -0.25) is 0 Å². The van der Waals surface area contributed by atoms with Gasteiger partial charge in [0.25, 0.3) is 0 Å². The Morgan fingerprint density at radius 2 is 1.68 bits per heavy atom. The van der Waals surface area contributed by atoms with Crippen LogP contribution >= 0.6 is 23.2 Å². The first-order valence-corrected chi connectivity index (χ1v) is 6.78. The second-order valence-electron chi connectivity index (χ2n) is 4.74. The largest absolute Gasteiger partial charge is 0.478 e. The highest BCUT2D eigenvalue weighted by atomic mass is 35.5. The van der Waals surface area contributed by atoms with Crippen molar-refractivity contribution < 1.29 is 23.1 Å². The van der Waals surface area contributed by atoms with Crippen molar-refractivity contribution in [2.24, 2.45) is 0 Å². The van der Waals surface area contributed by atoms with Crippen molar-refractivity contribution in [1.82, 2.24) is 4.57 Å². The highest BCUT2D eigenvalue weighted by Gasteiger charge is 2.40. The molecule has 2 aromatic rings. The van der Waals surface area contributed by atoms with Gasteiger partial charge in [-0.1, -0.05) is 23.2 Å². The van der Waals surface area contributed by atoms with Gasteiger partial charge in [0.1, 0.15) is 5.69 Å². The fourth-order valence-electron chi connectivity index (χ4n) is 2.27. The minimum absolute atomic E-state index is 0.0837. The van der Waals surface area contributed by atoms with Crippen LogP contribution < -0.4 is 0 Å². The lowest BCUT2D eigenvalue weighted by atomic mass is 10.2. The Hall–Kier alpha value is -1.66. The normalized spacial score (nSPS) is 11.8. The summed E-state index contributed by atoms with van der Waals surface area (Å²) in [6, 6.07) is 3.69. The monoisotopic (exact) mass is 351 g/mol. The third-order valence-electron chi connectivity index (χ3n) is 3.16. The van der Waals surface area contributed by atoms with Gasteiger partial charge in [0.15, 0.2) is 0 Å². The molecule has 0 fully saturated rings. The highest BCUT2D eigenvalue weighted by molar-refractivity contribution is 6.42. The van der Waals surface area contributed by atoms with Gasteiger partial charge < -0.3 is 9.67 Å². The molecule has 1 N–H and O–H groups in total. The number of halogens is 5. The van der Waals surface area contributed by atoms with Crippen LogP contribution in [0, 0.1) is 13.8 Å². The molecular formula is C14H10Cl2F3NO2. The van der Waals surface area contributed by atoms with Crippen molar-refractivity contribution >= 4 is 29.2 Å². The van der Waals surface area contributed by atoms with E-state index in [1.165, 1.54) is 19.1 Å². The quantitative estimate of drug-likeness (QED) is 0.815. The summed E-state index contributed by atoms with van der Waals surface area (Å²) in [6.45, 7) is 2.96. The molecule has 1 heterocycles. The molecule has 0 aliphatic carbocycles. The second kappa shape index (κ2) is 5.52. The number of alkyl halides is 3. The molecule has 0 spiro atoms. The summed E-state index contributed by atoms with van der Waals surface area (Å²) < 4.78 is 40.8. The van der Waals surface area contributed by atoms with Gasteiger partial charge in [-0.2, -0.15) is 13.2 Å². The molecule has 0 saturated carbocycles. The Labute approximate surface area is 133 Å². The number of benzene rings is 1. The molecule has 22 heavy (non-hydrogen) atoms. The minimum Gasteiger partial charge on any atom is -0.478 e. The Morgan fingerprint density at radius 1 is 1.14 bits per heavy atom. The molecule has 0 aliphatic heterocycles. The van der Waals surface area contributed by atoms with Gasteiger partial charge >= 0.3 is 12.1 Å². The second-order valence-corrected chi connectivity index (χ2v) is 5.55. The standard InChI is InChI=1S/C14H10Cl2F3NO2/c1-6-3-9(15)10(16)5-11(6)20-7(2)4-8(13(21)22)12(20)14(17,18)19/h3-5H,1-2H3,(H,21,22). The van der Waals surface area contributed by atoms with Crippen LogP contribution in [0.5, 0.6) is 0 Å². The first kappa shape index (κ1) is 16.7. The van der Waals surface area contributed by atoms with Gasteiger partial charge in [0.2, 0.25) is 0 Å². The Kier molecular flexibility index (Phi) is 4.19. The van der Waals surface area contributed by atoms with Gasteiger partial charge in [-0.25, -0.2) is 4.79 Å². The number of rotatable bonds is 2. The van der Waals surface area contributed by atoms with Crippen LogP contribution in [0.15, 0.2) is 18.2 Å². The number of hydrogen-bond donors (Lipinski definition) is 1. The molecule has 2 rings (SSSR count). The number of aromatic nitrogens is 1. The molecule has 0 radical (unpaired) electrons. The van der Waals surface area contributed by atoms with E-state index >= 15 is 0 Å². The molecule has 0 unspecified atom stereocenters. The van der Waals surface area contributed by atoms with E-state index in [4.69, 9.17) is 28.3 Å². The molecule has 0 amide bonds. The molecule has 3 nitrogen and oxygen atoms in total. The number of carbonyl (C=O) groups is 1. The van der Waals surface area contributed by atoms with Gasteiger partial charge in [-0.05, 0) is 37.6 Å². The Morgan fingerprint density at radius 3 is 2.18 bits per heavy atom. The first-order valence-electron chi connectivity index (χ1n) is 6.03. The summed E-state index contributed by atoms with van der Waals surface area (Å²) in [5, 5.41) is 9.31.